The molecule has 2 rings (SSSR count). The number of aryl methyl sites for hydroxylation is 1. The van der Waals surface area contributed by atoms with E-state index in [2.05, 4.69) is 10.1 Å². The highest BCUT2D eigenvalue weighted by Gasteiger charge is 2.05. The summed E-state index contributed by atoms with van der Waals surface area (Å²) < 4.78 is 6.61. The molecule has 0 aliphatic carbocycles. The number of hydrogen-bond donors (Lipinski definition) is 1. The first-order chi connectivity index (χ1) is 6.29. The standard InChI is InChI=1S/C8H9N3O2/c1-6-2-3-11(10-6)8-9-7(4-12)5-13-8/h2-3,5,12H,4H2,1H3. The van der Waals surface area contributed by atoms with Crippen LogP contribution in [0.3, 0.4) is 0 Å². The molecule has 0 amide bonds. The van der Waals surface area contributed by atoms with Crippen LogP contribution < -0.4 is 0 Å². The number of rotatable bonds is 2. The van der Waals surface area contributed by atoms with Crippen molar-refractivity contribution in [2.45, 2.75) is 13.5 Å². The van der Waals surface area contributed by atoms with Gasteiger partial charge in [0.05, 0.1) is 12.3 Å². The second-order valence-electron chi connectivity index (χ2n) is 2.68. The summed E-state index contributed by atoms with van der Waals surface area (Å²) in [6, 6.07) is 2.22. The molecule has 68 valence electrons. The van der Waals surface area contributed by atoms with Gasteiger partial charge in [0.15, 0.2) is 0 Å². The fraction of sp³-hybridized carbons (Fsp3) is 0.250. The maximum absolute atomic E-state index is 8.75. The lowest BCUT2D eigenvalue weighted by Crippen LogP contribution is -1.95. The zero-order valence-corrected chi connectivity index (χ0v) is 7.14. The maximum atomic E-state index is 8.75. The predicted octanol–water partition coefficient (Wildman–Crippen LogP) is 0.661. The van der Waals surface area contributed by atoms with Crippen LogP contribution in [0.25, 0.3) is 6.01 Å². The van der Waals surface area contributed by atoms with Gasteiger partial charge in [-0.05, 0) is 13.0 Å². The number of oxazole rings is 1. The van der Waals surface area contributed by atoms with Gasteiger partial charge in [-0.15, -0.1) is 0 Å². The van der Waals surface area contributed by atoms with Crippen LogP contribution in [-0.2, 0) is 6.61 Å². The van der Waals surface area contributed by atoms with Crippen LogP contribution in [0.1, 0.15) is 11.4 Å². The summed E-state index contributed by atoms with van der Waals surface area (Å²) in [4.78, 5) is 4.00. The average Bonchev–Trinajstić information content (AvgIpc) is 2.71. The molecule has 0 fully saturated rings. The van der Waals surface area contributed by atoms with Crippen LogP contribution >= 0.6 is 0 Å². The van der Waals surface area contributed by atoms with Gasteiger partial charge in [0.1, 0.15) is 12.0 Å². The summed E-state index contributed by atoms with van der Waals surface area (Å²) in [5.41, 5.74) is 1.40. The van der Waals surface area contributed by atoms with Crippen molar-refractivity contribution in [3.05, 3.63) is 29.9 Å². The minimum Gasteiger partial charge on any atom is -0.430 e. The van der Waals surface area contributed by atoms with E-state index in [0.717, 1.165) is 5.69 Å². The zero-order valence-electron chi connectivity index (χ0n) is 7.14. The molecule has 0 saturated carbocycles. The summed E-state index contributed by atoms with van der Waals surface area (Å²) in [5, 5.41) is 12.9. The number of hydrogen-bond acceptors (Lipinski definition) is 4. The van der Waals surface area contributed by atoms with E-state index < -0.39 is 0 Å². The van der Waals surface area contributed by atoms with Crippen LogP contribution in [0.4, 0.5) is 0 Å². The van der Waals surface area contributed by atoms with E-state index in [4.69, 9.17) is 9.52 Å². The summed E-state index contributed by atoms with van der Waals surface area (Å²) in [7, 11) is 0. The SMILES string of the molecule is Cc1ccn(-c2nc(CO)co2)n1. The monoisotopic (exact) mass is 179 g/mol. The van der Waals surface area contributed by atoms with Gasteiger partial charge in [-0.1, -0.05) is 0 Å². The molecule has 2 heterocycles. The van der Waals surface area contributed by atoms with E-state index in [1.54, 1.807) is 6.20 Å². The van der Waals surface area contributed by atoms with Gasteiger partial charge in [-0.25, -0.2) is 0 Å². The lowest BCUT2D eigenvalue weighted by atomic mass is 10.5. The smallest absolute Gasteiger partial charge is 0.322 e. The van der Waals surface area contributed by atoms with Crippen LogP contribution in [0, 0.1) is 6.92 Å². The summed E-state index contributed by atoms with van der Waals surface area (Å²) >= 11 is 0. The fourth-order valence-corrected chi connectivity index (χ4v) is 0.996. The van der Waals surface area contributed by atoms with Crippen molar-refractivity contribution in [3.63, 3.8) is 0 Å². The lowest BCUT2D eigenvalue weighted by molar-refractivity contribution is 0.276. The lowest BCUT2D eigenvalue weighted by Gasteiger charge is -1.90. The predicted molar refractivity (Wildman–Crippen MR) is 44.3 cm³/mol. The molecular weight excluding hydrogens is 170 g/mol. The molecule has 5 heteroatoms. The van der Waals surface area contributed by atoms with E-state index in [1.165, 1.54) is 10.9 Å². The Kier molecular flexibility index (Phi) is 1.86. The van der Waals surface area contributed by atoms with E-state index in [1.807, 2.05) is 13.0 Å². The van der Waals surface area contributed by atoms with Crippen molar-refractivity contribution in [2.24, 2.45) is 0 Å². The highest BCUT2D eigenvalue weighted by Crippen LogP contribution is 2.07. The van der Waals surface area contributed by atoms with E-state index >= 15 is 0 Å². The van der Waals surface area contributed by atoms with Crippen molar-refractivity contribution in [1.29, 1.82) is 0 Å². The summed E-state index contributed by atoms with van der Waals surface area (Å²) in [6.45, 7) is 1.76. The topological polar surface area (TPSA) is 64.1 Å². The van der Waals surface area contributed by atoms with Crippen molar-refractivity contribution >= 4 is 0 Å². The Morgan fingerprint density at radius 2 is 2.46 bits per heavy atom. The fourth-order valence-electron chi connectivity index (χ4n) is 0.996. The molecular formula is C8H9N3O2. The molecule has 0 aromatic carbocycles. The first-order valence-electron chi connectivity index (χ1n) is 3.87. The third kappa shape index (κ3) is 1.46. The number of aliphatic hydroxyl groups is 1. The van der Waals surface area contributed by atoms with Crippen molar-refractivity contribution in [1.82, 2.24) is 14.8 Å². The van der Waals surface area contributed by atoms with Gasteiger partial charge < -0.3 is 9.52 Å². The Morgan fingerprint density at radius 3 is 3.00 bits per heavy atom. The van der Waals surface area contributed by atoms with Gasteiger partial charge in [0.2, 0.25) is 0 Å². The van der Waals surface area contributed by atoms with Gasteiger partial charge >= 0.3 is 6.01 Å². The Bertz CT molecular complexity index is 405. The third-order valence-corrected chi connectivity index (χ3v) is 1.62. The van der Waals surface area contributed by atoms with E-state index in [0.29, 0.717) is 11.7 Å². The third-order valence-electron chi connectivity index (χ3n) is 1.62. The molecule has 0 spiro atoms. The Morgan fingerprint density at radius 1 is 1.62 bits per heavy atom. The summed E-state index contributed by atoms with van der Waals surface area (Å²) in [6.07, 6.45) is 3.16. The van der Waals surface area contributed by atoms with E-state index in [-0.39, 0.29) is 6.61 Å². The molecule has 0 bridgehead atoms. The zero-order chi connectivity index (χ0) is 9.26. The molecule has 0 radical (unpaired) electrons. The Balaban J connectivity index is 2.35. The molecule has 0 aliphatic rings. The van der Waals surface area contributed by atoms with Crippen LogP contribution in [0.5, 0.6) is 0 Å². The van der Waals surface area contributed by atoms with Gasteiger partial charge in [-0.2, -0.15) is 14.8 Å². The van der Waals surface area contributed by atoms with Crippen LogP contribution in [0.2, 0.25) is 0 Å². The molecule has 0 unspecified atom stereocenters. The maximum Gasteiger partial charge on any atom is 0.322 e. The molecule has 0 aliphatic heterocycles. The van der Waals surface area contributed by atoms with Crippen molar-refractivity contribution < 1.29 is 9.52 Å². The molecule has 1 N–H and O–H groups in total. The first kappa shape index (κ1) is 8.00. The average molecular weight is 179 g/mol. The Hall–Kier alpha value is -1.62. The molecule has 13 heavy (non-hydrogen) atoms. The van der Waals surface area contributed by atoms with Crippen LogP contribution in [0.15, 0.2) is 22.9 Å². The quantitative estimate of drug-likeness (QED) is 0.735. The molecule has 0 atom stereocenters. The van der Waals surface area contributed by atoms with Gasteiger partial charge in [0.25, 0.3) is 0 Å². The summed E-state index contributed by atoms with van der Waals surface area (Å²) in [5.74, 6) is 0. The number of aliphatic hydroxyl groups excluding tert-OH is 1. The Labute approximate surface area is 74.6 Å². The van der Waals surface area contributed by atoms with Gasteiger partial charge in [0, 0.05) is 6.20 Å². The molecule has 0 saturated heterocycles. The second-order valence-corrected chi connectivity index (χ2v) is 2.68. The van der Waals surface area contributed by atoms with Crippen molar-refractivity contribution in [2.75, 3.05) is 0 Å². The molecule has 2 aromatic rings. The minimum absolute atomic E-state index is 0.121. The van der Waals surface area contributed by atoms with Crippen LogP contribution in [-0.4, -0.2) is 19.9 Å². The largest absolute Gasteiger partial charge is 0.430 e. The van der Waals surface area contributed by atoms with Crippen molar-refractivity contribution in [3.8, 4) is 6.01 Å². The highest BCUT2D eigenvalue weighted by molar-refractivity contribution is 5.10. The van der Waals surface area contributed by atoms with Gasteiger partial charge in [-0.3, -0.25) is 0 Å². The number of aromatic nitrogens is 3. The molecule has 5 nitrogen and oxygen atoms in total. The number of nitrogens with zero attached hydrogens (tertiary/aromatic N) is 3. The second kappa shape index (κ2) is 3.02. The van der Waals surface area contributed by atoms with E-state index in [9.17, 15) is 0 Å². The molecule has 2 aromatic heterocycles. The first-order valence-corrected chi connectivity index (χ1v) is 3.87. The normalized spacial score (nSPS) is 10.6. The highest BCUT2D eigenvalue weighted by atomic mass is 16.4. The minimum atomic E-state index is -0.121.